The van der Waals surface area contributed by atoms with E-state index in [-0.39, 0.29) is 18.2 Å². The van der Waals surface area contributed by atoms with Crippen LogP contribution in [0.2, 0.25) is 0 Å². The summed E-state index contributed by atoms with van der Waals surface area (Å²) in [6.45, 7) is 5.32. The molecule has 0 aliphatic carbocycles. The van der Waals surface area contributed by atoms with Crippen LogP contribution in [0.15, 0.2) is 36.3 Å². The highest BCUT2D eigenvalue weighted by atomic mass is 32.2. The minimum atomic E-state index is -3.93. The molecule has 1 unspecified atom stereocenters. The van der Waals surface area contributed by atoms with Crippen molar-refractivity contribution in [2.45, 2.75) is 36.6 Å². The minimum absolute atomic E-state index is 0.127. The van der Waals surface area contributed by atoms with Crippen LogP contribution in [0.4, 0.5) is 0 Å². The Labute approximate surface area is 118 Å². The molecule has 0 spiro atoms. The molecule has 1 rings (SSSR count). The van der Waals surface area contributed by atoms with Gasteiger partial charge in [0.1, 0.15) is 0 Å². The predicted octanol–water partition coefficient (Wildman–Crippen LogP) is 1.54. The fourth-order valence-electron chi connectivity index (χ4n) is 1.64. The summed E-state index contributed by atoms with van der Waals surface area (Å²) in [6.07, 6.45) is 5.64. The van der Waals surface area contributed by atoms with Crippen LogP contribution in [0, 0.1) is 0 Å². The van der Waals surface area contributed by atoms with Crippen LogP contribution in [0.5, 0.6) is 0 Å². The summed E-state index contributed by atoms with van der Waals surface area (Å²) >= 11 is 0. The highest BCUT2D eigenvalue weighted by Crippen LogP contribution is 2.18. The molecule has 0 saturated heterocycles. The second-order valence-corrected chi connectivity index (χ2v) is 6.06. The fraction of sp³-hybridized carbons (Fsp3) is 0.462. The summed E-state index contributed by atoms with van der Waals surface area (Å²) in [6, 6.07) is 1.51. The van der Waals surface area contributed by atoms with Gasteiger partial charge in [-0.15, -0.1) is 6.58 Å². The Bertz CT molecular complexity index is 543. The van der Waals surface area contributed by atoms with Gasteiger partial charge in [-0.05, 0) is 32.3 Å². The van der Waals surface area contributed by atoms with Crippen molar-refractivity contribution in [2.24, 2.45) is 0 Å². The number of carbonyl (C=O) groups is 1. The average Bonchev–Trinajstić information content (AvgIpc) is 2.44. The maximum atomic E-state index is 12.4. The van der Waals surface area contributed by atoms with Crippen LogP contribution < -0.4 is 0 Å². The van der Waals surface area contributed by atoms with Gasteiger partial charge in [0.2, 0.25) is 15.0 Å². The second kappa shape index (κ2) is 7.74. The number of sulfone groups is 1. The Hall–Kier alpha value is -1.76. The standard InChI is InChI=1S/C13H18N2O4S/c1-3-5-6-8-11(12(16)19-4-2)20(17,18)13-14-9-7-10-15-13/h3,7,9-11H,1,4-6,8H2,2H3. The fourth-order valence-corrected chi connectivity index (χ4v) is 3.11. The van der Waals surface area contributed by atoms with Crippen LogP contribution in [0.3, 0.4) is 0 Å². The lowest BCUT2D eigenvalue weighted by Gasteiger charge is -2.14. The molecule has 6 nitrogen and oxygen atoms in total. The first kappa shape index (κ1) is 16.3. The van der Waals surface area contributed by atoms with Crippen LogP contribution in [0.1, 0.15) is 26.2 Å². The van der Waals surface area contributed by atoms with Gasteiger partial charge in [-0.3, -0.25) is 4.79 Å². The SMILES string of the molecule is C=CCCCC(C(=O)OCC)S(=O)(=O)c1ncccn1. The van der Waals surface area contributed by atoms with Gasteiger partial charge in [-0.25, -0.2) is 18.4 Å². The lowest BCUT2D eigenvalue weighted by Crippen LogP contribution is -2.33. The van der Waals surface area contributed by atoms with Gasteiger partial charge in [-0.1, -0.05) is 6.08 Å². The highest BCUT2D eigenvalue weighted by Gasteiger charge is 2.36. The molecule has 1 aromatic rings. The van der Waals surface area contributed by atoms with E-state index in [1.165, 1.54) is 18.5 Å². The van der Waals surface area contributed by atoms with Gasteiger partial charge < -0.3 is 4.74 Å². The maximum absolute atomic E-state index is 12.4. The van der Waals surface area contributed by atoms with E-state index in [1.54, 1.807) is 13.0 Å². The first-order valence-electron chi connectivity index (χ1n) is 6.32. The van der Waals surface area contributed by atoms with E-state index in [0.29, 0.717) is 12.8 Å². The van der Waals surface area contributed by atoms with E-state index in [4.69, 9.17) is 4.74 Å². The molecule has 0 aliphatic rings. The molecule has 1 atom stereocenters. The van der Waals surface area contributed by atoms with E-state index >= 15 is 0 Å². The number of hydrogen-bond donors (Lipinski definition) is 0. The zero-order valence-electron chi connectivity index (χ0n) is 11.4. The number of carbonyl (C=O) groups excluding carboxylic acids is 1. The summed E-state index contributed by atoms with van der Waals surface area (Å²) in [7, 11) is -3.93. The number of rotatable bonds is 8. The molecule has 0 amide bonds. The summed E-state index contributed by atoms with van der Waals surface area (Å²) in [5.41, 5.74) is 0. The van der Waals surface area contributed by atoms with E-state index < -0.39 is 21.1 Å². The number of esters is 1. The van der Waals surface area contributed by atoms with Crippen LogP contribution in [0.25, 0.3) is 0 Å². The normalized spacial score (nSPS) is 12.7. The third kappa shape index (κ3) is 4.12. The Morgan fingerprint density at radius 1 is 1.45 bits per heavy atom. The van der Waals surface area contributed by atoms with Crippen molar-refractivity contribution in [1.29, 1.82) is 0 Å². The van der Waals surface area contributed by atoms with E-state index in [0.717, 1.165) is 0 Å². The monoisotopic (exact) mass is 298 g/mol. The van der Waals surface area contributed by atoms with E-state index in [9.17, 15) is 13.2 Å². The number of unbranched alkanes of at least 4 members (excludes halogenated alkanes) is 1. The molecule has 0 saturated carbocycles. The zero-order chi connectivity index (χ0) is 15.0. The van der Waals surface area contributed by atoms with Crippen molar-refractivity contribution in [3.05, 3.63) is 31.1 Å². The van der Waals surface area contributed by atoms with E-state index in [1.807, 2.05) is 0 Å². The number of nitrogens with zero attached hydrogens (tertiary/aromatic N) is 2. The van der Waals surface area contributed by atoms with Crippen molar-refractivity contribution in [3.8, 4) is 0 Å². The summed E-state index contributed by atoms with van der Waals surface area (Å²) in [5, 5.41) is -1.62. The molecule has 0 bridgehead atoms. The second-order valence-electron chi connectivity index (χ2n) is 4.04. The smallest absolute Gasteiger partial charge is 0.324 e. The highest BCUT2D eigenvalue weighted by molar-refractivity contribution is 7.92. The van der Waals surface area contributed by atoms with Gasteiger partial charge in [0, 0.05) is 12.4 Å². The van der Waals surface area contributed by atoms with Gasteiger partial charge in [0.15, 0.2) is 5.25 Å². The van der Waals surface area contributed by atoms with Gasteiger partial charge in [0.05, 0.1) is 6.61 Å². The Morgan fingerprint density at radius 2 is 2.10 bits per heavy atom. The van der Waals surface area contributed by atoms with E-state index in [2.05, 4.69) is 16.5 Å². The molecule has 20 heavy (non-hydrogen) atoms. The topological polar surface area (TPSA) is 86.2 Å². The third-order valence-corrected chi connectivity index (χ3v) is 4.49. The quantitative estimate of drug-likeness (QED) is 0.313. The van der Waals surface area contributed by atoms with Crippen molar-refractivity contribution < 1.29 is 17.9 Å². The predicted molar refractivity (Wildman–Crippen MR) is 73.7 cm³/mol. The molecule has 110 valence electrons. The van der Waals surface area contributed by atoms with Crippen molar-refractivity contribution in [3.63, 3.8) is 0 Å². The molecule has 0 aromatic carbocycles. The Morgan fingerprint density at radius 3 is 2.65 bits per heavy atom. The van der Waals surface area contributed by atoms with Gasteiger partial charge in [0.25, 0.3) is 0 Å². The van der Waals surface area contributed by atoms with Gasteiger partial charge >= 0.3 is 5.97 Å². The summed E-state index contributed by atoms with van der Waals surface area (Å²) in [4.78, 5) is 19.3. The summed E-state index contributed by atoms with van der Waals surface area (Å²) in [5.74, 6) is -0.760. The lowest BCUT2D eigenvalue weighted by molar-refractivity contribution is -0.142. The molecule has 0 N–H and O–H groups in total. The van der Waals surface area contributed by atoms with Crippen molar-refractivity contribution in [1.82, 2.24) is 9.97 Å². The maximum Gasteiger partial charge on any atom is 0.324 e. The Kier molecular flexibility index (Phi) is 6.30. The molecule has 0 aliphatic heterocycles. The first-order valence-corrected chi connectivity index (χ1v) is 7.87. The number of hydrogen-bond acceptors (Lipinski definition) is 6. The Balaban J connectivity index is 3.02. The molecule has 7 heteroatoms. The number of ether oxygens (including phenoxy) is 1. The molecular formula is C13H18N2O4S. The first-order chi connectivity index (χ1) is 9.54. The lowest BCUT2D eigenvalue weighted by atomic mass is 10.2. The average molecular weight is 298 g/mol. The largest absolute Gasteiger partial charge is 0.465 e. The number of aromatic nitrogens is 2. The molecule has 0 fully saturated rings. The molecular weight excluding hydrogens is 280 g/mol. The number of allylic oxidation sites excluding steroid dienone is 1. The molecule has 1 heterocycles. The van der Waals surface area contributed by atoms with Crippen molar-refractivity contribution >= 4 is 15.8 Å². The van der Waals surface area contributed by atoms with Gasteiger partial charge in [-0.2, -0.15) is 0 Å². The molecule has 0 radical (unpaired) electrons. The van der Waals surface area contributed by atoms with Crippen LogP contribution >= 0.6 is 0 Å². The summed E-state index contributed by atoms with van der Waals surface area (Å²) < 4.78 is 29.6. The van der Waals surface area contributed by atoms with Crippen molar-refractivity contribution in [2.75, 3.05) is 6.61 Å². The minimum Gasteiger partial charge on any atom is -0.465 e. The van der Waals surface area contributed by atoms with Crippen LogP contribution in [-0.2, 0) is 19.4 Å². The van der Waals surface area contributed by atoms with Crippen LogP contribution in [-0.4, -0.2) is 36.2 Å². The molecule has 1 aromatic heterocycles. The zero-order valence-corrected chi connectivity index (χ0v) is 12.2. The third-order valence-electron chi connectivity index (χ3n) is 2.60.